The van der Waals surface area contributed by atoms with Gasteiger partial charge in [-0.15, -0.1) is 0 Å². The van der Waals surface area contributed by atoms with Crippen LogP contribution in [0.5, 0.6) is 0 Å². The second-order valence-electron chi connectivity index (χ2n) is 5.93. The zero-order valence-electron chi connectivity index (χ0n) is 13.5. The summed E-state index contributed by atoms with van der Waals surface area (Å²) in [5.41, 5.74) is -0.464. The van der Waals surface area contributed by atoms with Crippen molar-refractivity contribution in [2.24, 2.45) is 0 Å². The minimum absolute atomic E-state index is 0.143. The largest absolute Gasteiger partial charge is 0.416 e. The Balaban J connectivity index is 1.63. The molecule has 6 nitrogen and oxygen atoms in total. The van der Waals surface area contributed by atoms with Crippen molar-refractivity contribution >= 4 is 0 Å². The Bertz CT molecular complexity index is 697. The molecule has 136 valence electrons. The van der Waals surface area contributed by atoms with E-state index in [1.807, 2.05) is 0 Å². The Labute approximate surface area is 142 Å². The number of hydrogen-bond acceptors (Lipinski definition) is 6. The van der Waals surface area contributed by atoms with Gasteiger partial charge in [-0.05, 0) is 12.1 Å². The molecule has 0 unspecified atom stereocenters. The summed E-state index contributed by atoms with van der Waals surface area (Å²) in [5.74, 6) is 0.531. The van der Waals surface area contributed by atoms with E-state index in [9.17, 15) is 13.2 Å². The highest BCUT2D eigenvalue weighted by molar-refractivity contribution is 5.55. The van der Waals surface area contributed by atoms with Crippen LogP contribution in [0.4, 0.5) is 13.2 Å². The first-order valence-electron chi connectivity index (χ1n) is 8.01. The van der Waals surface area contributed by atoms with E-state index in [4.69, 9.17) is 9.63 Å². The Morgan fingerprint density at radius 1 is 1.12 bits per heavy atom. The zero-order valence-corrected chi connectivity index (χ0v) is 13.5. The van der Waals surface area contributed by atoms with Crippen molar-refractivity contribution in [1.29, 1.82) is 0 Å². The molecule has 0 saturated carbocycles. The predicted molar refractivity (Wildman–Crippen MR) is 83.5 cm³/mol. The van der Waals surface area contributed by atoms with Gasteiger partial charge in [0.1, 0.15) is 0 Å². The Hall–Kier alpha value is -1.97. The van der Waals surface area contributed by atoms with E-state index in [0.29, 0.717) is 19.0 Å². The van der Waals surface area contributed by atoms with Gasteiger partial charge in [-0.1, -0.05) is 17.3 Å². The van der Waals surface area contributed by atoms with Crippen molar-refractivity contribution in [2.45, 2.75) is 12.7 Å². The summed E-state index contributed by atoms with van der Waals surface area (Å²) in [6, 6.07) is 4.88. The minimum atomic E-state index is -4.41. The molecule has 0 radical (unpaired) electrons. The predicted octanol–water partition coefficient (Wildman–Crippen LogP) is 1.87. The molecule has 0 spiro atoms. The molecule has 1 saturated heterocycles. The van der Waals surface area contributed by atoms with E-state index >= 15 is 0 Å². The van der Waals surface area contributed by atoms with Crippen LogP contribution in [0.3, 0.4) is 0 Å². The number of aromatic nitrogens is 2. The molecule has 2 heterocycles. The van der Waals surface area contributed by atoms with Gasteiger partial charge in [0.25, 0.3) is 0 Å². The quantitative estimate of drug-likeness (QED) is 0.882. The van der Waals surface area contributed by atoms with Gasteiger partial charge in [0.15, 0.2) is 0 Å². The summed E-state index contributed by atoms with van der Waals surface area (Å²) in [6.45, 7) is 4.56. The summed E-state index contributed by atoms with van der Waals surface area (Å²) < 4.78 is 43.6. The third kappa shape index (κ3) is 4.56. The summed E-state index contributed by atoms with van der Waals surface area (Å²) in [5, 5.41) is 12.7. The molecular formula is C16H19F3N4O2. The average molecular weight is 356 g/mol. The van der Waals surface area contributed by atoms with Crippen LogP contribution in [-0.4, -0.2) is 64.4 Å². The van der Waals surface area contributed by atoms with Crippen LogP contribution in [0.25, 0.3) is 11.4 Å². The standard InChI is InChI=1S/C16H19F3N4O2/c17-16(18,19)13-3-1-2-12(10-13)15-20-14(25-21-15)11-23-6-4-22(5-7-23)8-9-24/h1-3,10,24H,4-9,11H2. The third-order valence-corrected chi connectivity index (χ3v) is 4.16. The molecule has 1 N–H and O–H groups in total. The Morgan fingerprint density at radius 3 is 2.52 bits per heavy atom. The Morgan fingerprint density at radius 2 is 1.84 bits per heavy atom. The molecule has 1 fully saturated rings. The lowest BCUT2D eigenvalue weighted by Gasteiger charge is -2.33. The highest BCUT2D eigenvalue weighted by Gasteiger charge is 2.30. The molecule has 1 aliphatic rings. The second-order valence-corrected chi connectivity index (χ2v) is 5.93. The maximum atomic E-state index is 12.8. The number of piperazine rings is 1. The fraction of sp³-hybridized carbons (Fsp3) is 0.500. The third-order valence-electron chi connectivity index (χ3n) is 4.16. The van der Waals surface area contributed by atoms with E-state index in [0.717, 1.165) is 38.3 Å². The molecule has 1 aromatic heterocycles. The van der Waals surface area contributed by atoms with Crippen LogP contribution in [0, 0.1) is 0 Å². The highest BCUT2D eigenvalue weighted by Crippen LogP contribution is 2.31. The molecule has 3 rings (SSSR count). The number of nitrogens with zero attached hydrogens (tertiary/aromatic N) is 4. The fourth-order valence-corrected chi connectivity index (χ4v) is 2.77. The SMILES string of the molecule is OCCN1CCN(Cc2nc(-c3cccc(C(F)(F)F)c3)no2)CC1. The average Bonchev–Trinajstić information content (AvgIpc) is 3.05. The maximum Gasteiger partial charge on any atom is 0.416 e. The van der Waals surface area contributed by atoms with E-state index in [2.05, 4.69) is 19.9 Å². The molecule has 1 aromatic carbocycles. The van der Waals surface area contributed by atoms with Crippen LogP contribution in [0.2, 0.25) is 0 Å². The molecule has 1 aliphatic heterocycles. The van der Waals surface area contributed by atoms with Gasteiger partial charge >= 0.3 is 6.18 Å². The molecule has 0 bridgehead atoms. The monoisotopic (exact) mass is 356 g/mol. The summed E-state index contributed by atoms with van der Waals surface area (Å²) in [7, 11) is 0. The first kappa shape index (κ1) is 17.8. The van der Waals surface area contributed by atoms with Crippen LogP contribution < -0.4 is 0 Å². The van der Waals surface area contributed by atoms with Crippen molar-refractivity contribution < 1.29 is 22.8 Å². The van der Waals surface area contributed by atoms with Gasteiger partial charge in [0.05, 0.1) is 18.7 Å². The van der Waals surface area contributed by atoms with Crippen molar-refractivity contribution in [3.63, 3.8) is 0 Å². The molecule has 0 amide bonds. The highest BCUT2D eigenvalue weighted by atomic mass is 19.4. The normalized spacial score (nSPS) is 17.1. The molecule has 0 aliphatic carbocycles. The number of hydrogen-bond donors (Lipinski definition) is 1. The lowest BCUT2D eigenvalue weighted by molar-refractivity contribution is -0.137. The van der Waals surface area contributed by atoms with Crippen LogP contribution in [0.15, 0.2) is 28.8 Å². The summed E-state index contributed by atoms with van der Waals surface area (Å²) in [6.07, 6.45) is -4.41. The van der Waals surface area contributed by atoms with Gasteiger partial charge in [0.2, 0.25) is 11.7 Å². The topological polar surface area (TPSA) is 65.6 Å². The van der Waals surface area contributed by atoms with Gasteiger partial charge in [-0.3, -0.25) is 9.80 Å². The van der Waals surface area contributed by atoms with Crippen molar-refractivity contribution in [3.05, 3.63) is 35.7 Å². The van der Waals surface area contributed by atoms with E-state index in [-0.39, 0.29) is 18.0 Å². The number of benzene rings is 1. The number of alkyl halides is 3. The first-order chi connectivity index (χ1) is 12.0. The number of aliphatic hydroxyl groups is 1. The molecule has 9 heteroatoms. The van der Waals surface area contributed by atoms with E-state index in [1.165, 1.54) is 12.1 Å². The van der Waals surface area contributed by atoms with Gasteiger partial charge in [-0.2, -0.15) is 18.2 Å². The number of halogens is 3. The zero-order chi connectivity index (χ0) is 17.9. The number of β-amino-alcohol motifs (C(OH)–C–C–N with tert-alkyl or cyclic N) is 1. The molecular weight excluding hydrogens is 337 g/mol. The first-order valence-corrected chi connectivity index (χ1v) is 8.01. The van der Waals surface area contributed by atoms with Gasteiger partial charge in [-0.25, -0.2) is 0 Å². The minimum Gasteiger partial charge on any atom is -0.395 e. The lowest BCUT2D eigenvalue weighted by atomic mass is 10.1. The number of aliphatic hydroxyl groups excluding tert-OH is 1. The second kappa shape index (κ2) is 7.51. The smallest absolute Gasteiger partial charge is 0.395 e. The summed E-state index contributed by atoms with van der Waals surface area (Å²) in [4.78, 5) is 8.51. The van der Waals surface area contributed by atoms with Crippen molar-refractivity contribution in [2.75, 3.05) is 39.3 Å². The lowest BCUT2D eigenvalue weighted by Crippen LogP contribution is -2.46. The van der Waals surface area contributed by atoms with Gasteiger partial charge < -0.3 is 9.63 Å². The van der Waals surface area contributed by atoms with Crippen molar-refractivity contribution in [1.82, 2.24) is 19.9 Å². The van der Waals surface area contributed by atoms with Crippen LogP contribution >= 0.6 is 0 Å². The fourth-order valence-electron chi connectivity index (χ4n) is 2.77. The van der Waals surface area contributed by atoms with E-state index < -0.39 is 11.7 Å². The molecule has 0 atom stereocenters. The summed E-state index contributed by atoms with van der Waals surface area (Å²) >= 11 is 0. The molecule has 2 aromatic rings. The van der Waals surface area contributed by atoms with Crippen LogP contribution in [0.1, 0.15) is 11.5 Å². The Kier molecular flexibility index (Phi) is 5.36. The van der Waals surface area contributed by atoms with Crippen molar-refractivity contribution in [3.8, 4) is 11.4 Å². The van der Waals surface area contributed by atoms with Crippen LogP contribution in [-0.2, 0) is 12.7 Å². The van der Waals surface area contributed by atoms with Gasteiger partial charge in [0, 0.05) is 38.3 Å². The maximum absolute atomic E-state index is 12.8. The number of rotatable bonds is 5. The van der Waals surface area contributed by atoms with E-state index in [1.54, 1.807) is 0 Å². The molecule has 25 heavy (non-hydrogen) atoms.